The van der Waals surface area contributed by atoms with Gasteiger partial charge >= 0.3 is 0 Å². The van der Waals surface area contributed by atoms with E-state index in [4.69, 9.17) is 5.73 Å². The summed E-state index contributed by atoms with van der Waals surface area (Å²) in [6.07, 6.45) is 3.40. The van der Waals surface area contributed by atoms with Crippen molar-refractivity contribution in [2.75, 3.05) is 18.8 Å². The summed E-state index contributed by atoms with van der Waals surface area (Å²) in [6.45, 7) is 2.78. The first-order valence-electron chi connectivity index (χ1n) is 5.76. The molecule has 3 N–H and O–H groups in total. The van der Waals surface area contributed by atoms with E-state index in [1.54, 1.807) is 0 Å². The molecule has 0 spiro atoms. The van der Waals surface area contributed by atoms with Gasteiger partial charge in [0.05, 0.1) is 12.5 Å². The van der Waals surface area contributed by atoms with Crippen molar-refractivity contribution in [3.63, 3.8) is 0 Å². The van der Waals surface area contributed by atoms with E-state index in [0.717, 1.165) is 19.3 Å². The molecule has 94 valence electrons. The van der Waals surface area contributed by atoms with Crippen LogP contribution in [0.5, 0.6) is 0 Å². The van der Waals surface area contributed by atoms with E-state index in [2.05, 4.69) is 24.9 Å². The number of thiol groups is 1. The summed E-state index contributed by atoms with van der Waals surface area (Å²) in [6, 6.07) is 0. The maximum Gasteiger partial charge on any atom is 0.224 e. The number of hydrogen-bond donors (Lipinski definition) is 3. The lowest BCUT2D eigenvalue weighted by Gasteiger charge is -2.13. The van der Waals surface area contributed by atoms with Crippen LogP contribution in [0, 0.1) is 5.92 Å². The largest absolute Gasteiger partial charge is 0.356 e. The predicted octanol–water partition coefficient (Wildman–Crippen LogP) is 0.757. The smallest absolute Gasteiger partial charge is 0.224 e. The molecule has 0 saturated carbocycles. The topological polar surface area (TPSA) is 72.2 Å². The maximum absolute atomic E-state index is 11.6. The Morgan fingerprint density at radius 3 is 2.56 bits per heavy atom. The lowest BCUT2D eigenvalue weighted by atomic mass is 10.0. The van der Waals surface area contributed by atoms with Crippen molar-refractivity contribution in [3.05, 3.63) is 0 Å². The van der Waals surface area contributed by atoms with Crippen molar-refractivity contribution in [2.45, 2.75) is 32.6 Å². The van der Waals surface area contributed by atoms with Gasteiger partial charge in [-0.05, 0) is 6.42 Å². The molecule has 0 aliphatic rings. The minimum Gasteiger partial charge on any atom is -0.356 e. The van der Waals surface area contributed by atoms with Crippen LogP contribution in [0.2, 0.25) is 0 Å². The highest BCUT2D eigenvalue weighted by molar-refractivity contribution is 7.80. The van der Waals surface area contributed by atoms with Crippen LogP contribution >= 0.6 is 12.6 Å². The van der Waals surface area contributed by atoms with Crippen LogP contribution in [0.3, 0.4) is 0 Å². The second-order valence-electron chi connectivity index (χ2n) is 3.82. The summed E-state index contributed by atoms with van der Waals surface area (Å²) in [4.78, 5) is 22.8. The van der Waals surface area contributed by atoms with E-state index < -0.39 is 0 Å². The van der Waals surface area contributed by atoms with Crippen molar-refractivity contribution in [1.29, 1.82) is 0 Å². The van der Waals surface area contributed by atoms with Gasteiger partial charge in [0.25, 0.3) is 0 Å². The lowest BCUT2D eigenvalue weighted by Crippen LogP contribution is -2.34. The molecule has 0 aromatic heterocycles. The van der Waals surface area contributed by atoms with Gasteiger partial charge < -0.3 is 11.1 Å². The van der Waals surface area contributed by atoms with Gasteiger partial charge in [-0.15, -0.1) is 0 Å². The standard InChI is InChI=1S/C11H22N2O2S/c1-2-3-4-5-13-11(15)9(8-16)6-10(14)7-12/h9,16H,2-8,12H2,1H3,(H,13,15). The first-order chi connectivity index (χ1) is 7.65. The van der Waals surface area contributed by atoms with Crippen LogP contribution in [-0.4, -0.2) is 30.5 Å². The Kier molecular flexibility index (Phi) is 9.33. The summed E-state index contributed by atoms with van der Waals surface area (Å²) in [7, 11) is 0. The number of ketones is 1. The van der Waals surface area contributed by atoms with E-state index in [-0.39, 0.29) is 30.6 Å². The Morgan fingerprint density at radius 1 is 1.38 bits per heavy atom. The summed E-state index contributed by atoms with van der Waals surface area (Å²) in [5.41, 5.74) is 5.21. The molecule has 1 amide bonds. The summed E-state index contributed by atoms with van der Waals surface area (Å²) < 4.78 is 0. The summed E-state index contributed by atoms with van der Waals surface area (Å²) in [5.74, 6) is -0.151. The van der Waals surface area contributed by atoms with Crippen LogP contribution < -0.4 is 11.1 Å². The van der Waals surface area contributed by atoms with Gasteiger partial charge in [0, 0.05) is 18.7 Å². The molecule has 0 aliphatic heterocycles. The molecule has 5 heteroatoms. The van der Waals surface area contributed by atoms with Crippen LogP contribution in [0.1, 0.15) is 32.6 Å². The van der Waals surface area contributed by atoms with Gasteiger partial charge in [0.15, 0.2) is 0 Å². The number of rotatable bonds is 9. The monoisotopic (exact) mass is 246 g/mol. The van der Waals surface area contributed by atoms with Gasteiger partial charge in [0.1, 0.15) is 5.78 Å². The van der Waals surface area contributed by atoms with E-state index in [1.165, 1.54) is 0 Å². The third kappa shape index (κ3) is 6.85. The molecule has 0 rings (SSSR count). The van der Waals surface area contributed by atoms with E-state index in [1.807, 2.05) is 0 Å². The highest BCUT2D eigenvalue weighted by Crippen LogP contribution is 2.06. The number of amides is 1. The van der Waals surface area contributed by atoms with Crippen LogP contribution in [-0.2, 0) is 9.59 Å². The Morgan fingerprint density at radius 2 is 2.06 bits per heavy atom. The molecule has 1 atom stereocenters. The van der Waals surface area contributed by atoms with Gasteiger partial charge in [-0.3, -0.25) is 9.59 Å². The van der Waals surface area contributed by atoms with Crippen LogP contribution in [0.15, 0.2) is 0 Å². The Bertz CT molecular complexity index is 222. The Labute approximate surface area is 103 Å². The molecule has 0 fully saturated rings. The quantitative estimate of drug-likeness (QED) is 0.415. The molecule has 0 aliphatic carbocycles. The van der Waals surface area contributed by atoms with Gasteiger partial charge in [-0.1, -0.05) is 19.8 Å². The number of hydrogen-bond acceptors (Lipinski definition) is 4. The average molecular weight is 246 g/mol. The van der Waals surface area contributed by atoms with Crippen molar-refractivity contribution >= 4 is 24.3 Å². The number of carbonyl (C=O) groups is 2. The van der Waals surface area contributed by atoms with Gasteiger partial charge in [-0.2, -0.15) is 12.6 Å². The third-order valence-corrected chi connectivity index (χ3v) is 2.81. The minimum atomic E-state index is -0.346. The summed E-state index contributed by atoms with van der Waals surface area (Å²) in [5, 5.41) is 2.82. The SMILES string of the molecule is CCCCCNC(=O)C(CS)CC(=O)CN. The molecule has 16 heavy (non-hydrogen) atoms. The second-order valence-corrected chi connectivity index (χ2v) is 4.19. The van der Waals surface area contributed by atoms with Crippen molar-refractivity contribution in [2.24, 2.45) is 11.7 Å². The first kappa shape index (κ1) is 15.4. The molecule has 1 unspecified atom stereocenters. The fourth-order valence-electron chi connectivity index (χ4n) is 1.33. The second kappa shape index (κ2) is 9.66. The number of nitrogens with two attached hydrogens (primary N) is 1. The molecule has 0 bridgehead atoms. The summed E-state index contributed by atoms with van der Waals surface area (Å²) >= 11 is 4.08. The number of unbranched alkanes of at least 4 members (excludes halogenated alkanes) is 2. The van der Waals surface area contributed by atoms with Crippen molar-refractivity contribution in [3.8, 4) is 0 Å². The molecule has 0 aromatic rings. The molecule has 0 radical (unpaired) electrons. The average Bonchev–Trinajstić information content (AvgIpc) is 2.30. The van der Waals surface area contributed by atoms with Crippen LogP contribution in [0.4, 0.5) is 0 Å². The fraction of sp³-hybridized carbons (Fsp3) is 0.818. The zero-order chi connectivity index (χ0) is 12.4. The highest BCUT2D eigenvalue weighted by atomic mass is 32.1. The molecule has 0 saturated heterocycles. The molecular weight excluding hydrogens is 224 g/mol. The molecule has 0 aromatic carbocycles. The number of nitrogens with one attached hydrogen (secondary N) is 1. The number of Topliss-reactive ketones (excluding diaryl/α,β-unsaturated/α-hetero) is 1. The Hall–Kier alpha value is -0.550. The number of carbonyl (C=O) groups excluding carboxylic acids is 2. The van der Waals surface area contributed by atoms with Crippen molar-refractivity contribution < 1.29 is 9.59 Å². The van der Waals surface area contributed by atoms with E-state index >= 15 is 0 Å². The van der Waals surface area contributed by atoms with Crippen LogP contribution in [0.25, 0.3) is 0 Å². The first-order valence-corrected chi connectivity index (χ1v) is 6.39. The molecule has 4 nitrogen and oxygen atoms in total. The fourth-order valence-corrected chi connectivity index (χ4v) is 1.62. The van der Waals surface area contributed by atoms with E-state index in [9.17, 15) is 9.59 Å². The van der Waals surface area contributed by atoms with Gasteiger partial charge in [0.2, 0.25) is 5.91 Å². The van der Waals surface area contributed by atoms with Gasteiger partial charge in [-0.25, -0.2) is 0 Å². The molecular formula is C11H22N2O2S. The third-order valence-electron chi connectivity index (χ3n) is 2.37. The minimum absolute atomic E-state index is 0.00656. The van der Waals surface area contributed by atoms with Crippen molar-refractivity contribution in [1.82, 2.24) is 5.32 Å². The zero-order valence-electron chi connectivity index (χ0n) is 9.87. The maximum atomic E-state index is 11.6. The predicted molar refractivity (Wildman–Crippen MR) is 68.6 cm³/mol. The van der Waals surface area contributed by atoms with E-state index in [0.29, 0.717) is 12.3 Å². The lowest BCUT2D eigenvalue weighted by molar-refractivity contribution is -0.128. The zero-order valence-corrected chi connectivity index (χ0v) is 10.8. The highest BCUT2D eigenvalue weighted by Gasteiger charge is 2.19. The molecule has 0 heterocycles. The Balaban J connectivity index is 3.87. The normalized spacial score (nSPS) is 12.2.